The van der Waals surface area contributed by atoms with Gasteiger partial charge < -0.3 is 9.13 Å². The van der Waals surface area contributed by atoms with Gasteiger partial charge in [0.2, 0.25) is 0 Å². The summed E-state index contributed by atoms with van der Waals surface area (Å²) in [6.45, 7) is 12.7. The van der Waals surface area contributed by atoms with Crippen molar-refractivity contribution in [2.24, 2.45) is 0 Å². The van der Waals surface area contributed by atoms with Gasteiger partial charge in [-0.1, -0.05) is 19.1 Å². The molecule has 4 rings (SSSR count). The molecule has 27 heavy (non-hydrogen) atoms. The number of benzene rings is 2. The van der Waals surface area contributed by atoms with E-state index in [1.165, 1.54) is 22.2 Å². The van der Waals surface area contributed by atoms with E-state index in [4.69, 9.17) is 9.97 Å². The number of aryl methyl sites for hydroxylation is 4. The lowest BCUT2D eigenvalue weighted by Crippen LogP contribution is -2.14. The highest BCUT2D eigenvalue weighted by Gasteiger charge is 2.25. The van der Waals surface area contributed by atoms with Gasteiger partial charge in [0.1, 0.15) is 11.6 Å². The lowest BCUT2D eigenvalue weighted by atomic mass is 10.0. The molecule has 140 valence electrons. The van der Waals surface area contributed by atoms with Crippen molar-refractivity contribution in [1.82, 2.24) is 19.1 Å². The molecule has 1 unspecified atom stereocenters. The van der Waals surface area contributed by atoms with Gasteiger partial charge in [0, 0.05) is 13.1 Å². The Kier molecular flexibility index (Phi) is 4.50. The number of aromatic nitrogens is 4. The molecule has 0 radical (unpaired) electrons. The van der Waals surface area contributed by atoms with Crippen LogP contribution in [0.1, 0.15) is 55.9 Å². The van der Waals surface area contributed by atoms with Crippen molar-refractivity contribution < 1.29 is 0 Å². The summed E-state index contributed by atoms with van der Waals surface area (Å²) < 4.78 is 4.72. The van der Waals surface area contributed by atoms with Gasteiger partial charge in [-0.15, -0.1) is 0 Å². The van der Waals surface area contributed by atoms with Crippen LogP contribution in [0.4, 0.5) is 0 Å². The van der Waals surface area contributed by atoms with Crippen molar-refractivity contribution in [2.45, 2.75) is 60.0 Å². The average Bonchev–Trinajstić information content (AvgIpc) is 3.19. The summed E-state index contributed by atoms with van der Waals surface area (Å²) >= 11 is 0. The molecule has 2 aromatic heterocycles. The fraction of sp³-hybridized carbons (Fsp3) is 0.391. The van der Waals surface area contributed by atoms with E-state index < -0.39 is 0 Å². The van der Waals surface area contributed by atoms with Crippen LogP contribution in [-0.4, -0.2) is 19.1 Å². The standard InChI is InChI=1S/C23H28N4/c1-6-17(22-24-18-11-9-16(5)14-21(18)27(22)8-3)23-25-19-13-15(4)10-12-20(19)26(23)7-2/h9-14,17H,6-8H2,1-5H3. The van der Waals surface area contributed by atoms with E-state index >= 15 is 0 Å². The molecule has 0 aliphatic heterocycles. The van der Waals surface area contributed by atoms with E-state index in [9.17, 15) is 0 Å². The Morgan fingerprint density at radius 3 is 2.00 bits per heavy atom. The number of hydrogen-bond acceptors (Lipinski definition) is 2. The number of rotatable bonds is 5. The number of hydrogen-bond donors (Lipinski definition) is 0. The molecule has 0 aliphatic rings. The molecule has 0 amide bonds. The van der Waals surface area contributed by atoms with Crippen LogP contribution in [0.25, 0.3) is 22.1 Å². The predicted octanol–water partition coefficient (Wildman–Crippen LogP) is 5.58. The van der Waals surface area contributed by atoms with Crippen molar-refractivity contribution in [3.63, 3.8) is 0 Å². The molecule has 0 spiro atoms. The molecule has 2 aromatic carbocycles. The monoisotopic (exact) mass is 360 g/mol. The van der Waals surface area contributed by atoms with E-state index in [2.05, 4.69) is 80.2 Å². The highest BCUT2D eigenvalue weighted by molar-refractivity contribution is 5.78. The fourth-order valence-corrected chi connectivity index (χ4v) is 4.19. The molecule has 0 aliphatic carbocycles. The van der Waals surface area contributed by atoms with E-state index in [-0.39, 0.29) is 5.92 Å². The summed E-state index contributed by atoms with van der Waals surface area (Å²) in [6.07, 6.45) is 0.977. The Morgan fingerprint density at radius 2 is 1.33 bits per heavy atom. The molecule has 4 heteroatoms. The summed E-state index contributed by atoms with van der Waals surface area (Å²) in [5.41, 5.74) is 7.12. The van der Waals surface area contributed by atoms with Gasteiger partial charge in [0.15, 0.2) is 0 Å². The SMILES string of the molecule is CCC(c1nc2cc(C)ccc2n1CC)c1nc2ccc(C)cc2n1CC. The lowest BCUT2D eigenvalue weighted by Gasteiger charge is -2.17. The first kappa shape index (κ1) is 17.8. The van der Waals surface area contributed by atoms with Crippen molar-refractivity contribution in [1.29, 1.82) is 0 Å². The Labute approximate surface area is 160 Å². The van der Waals surface area contributed by atoms with Gasteiger partial charge in [0.05, 0.1) is 28.0 Å². The van der Waals surface area contributed by atoms with Crippen LogP contribution >= 0.6 is 0 Å². The second-order valence-corrected chi connectivity index (χ2v) is 7.37. The van der Waals surface area contributed by atoms with E-state index in [0.717, 1.165) is 42.2 Å². The summed E-state index contributed by atoms with van der Waals surface area (Å²) in [7, 11) is 0. The molecular formula is C23H28N4. The highest BCUT2D eigenvalue weighted by Crippen LogP contribution is 2.32. The molecule has 2 heterocycles. The molecule has 0 N–H and O–H groups in total. The first-order valence-electron chi connectivity index (χ1n) is 10.0. The van der Waals surface area contributed by atoms with Crippen molar-refractivity contribution in [3.05, 3.63) is 59.2 Å². The number of nitrogens with zero attached hydrogens (tertiary/aromatic N) is 4. The van der Waals surface area contributed by atoms with Gasteiger partial charge in [0.25, 0.3) is 0 Å². The predicted molar refractivity (Wildman–Crippen MR) is 112 cm³/mol. The Bertz CT molecular complexity index is 1110. The number of imidazole rings is 2. The maximum atomic E-state index is 5.06. The molecular weight excluding hydrogens is 332 g/mol. The molecule has 4 aromatic rings. The first-order valence-corrected chi connectivity index (χ1v) is 10.0. The lowest BCUT2D eigenvalue weighted by molar-refractivity contribution is 0.584. The second kappa shape index (κ2) is 6.84. The van der Waals surface area contributed by atoms with Crippen molar-refractivity contribution in [3.8, 4) is 0 Å². The maximum Gasteiger partial charge on any atom is 0.120 e. The van der Waals surface area contributed by atoms with Gasteiger partial charge in [-0.2, -0.15) is 0 Å². The van der Waals surface area contributed by atoms with Crippen molar-refractivity contribution in [2.75, 3.05) is 0 Å². The third-order valence-corrected chi connectivity index (χ3v) is 5.53. The Hall–Kier alpha value is -2.62. The summed E-state index contributed by atoms with van der Waals surface area (Å²) in [6, 6.07) is 13.1. The second-order valence-electron chi connectivity index (χ2n) is 7.37. The number of fused-ring (bicyclic) bond motifs is 2. The zero-order valence-corrected chi connectivity index (χ0v) is 17.0. The van der Waals surface area contributed by atoms with Gasteiger partial charge in [-0.05, 0) is 69.5 Å². The summed E-state index contributed by atoms with van der Waals surface area (Å²) in [5, 5.41) is 0. The third kappa shape index (κ3) is 2.84. The average molecular weight is 361 g/mol. The quantitative estimate of drug-likeness (QED) is 0.465. The fourth-order valence-electron chi connectivity index (χ4n) is 4.19. The zero-order chi connectivity index (χ0) is 19.1. The molecule has 0 bridgehead atoms. The molecule has 0 saturated heterocycles. The van der Waals surface area contributed by atoms with Crippen LogP contribution in [0.15, 0.2) is 36.4 Å². The van der Waals surface area contributed by atoms with Crippen LogP contribution in [0.2, 0.25) is 0 Å². The van der Waals surface area contributed by atoms with Gasteiger partial charge in [-0.3, -0.25) is 0 Å². The minimum Gasteiger partial charge on any atom is -0.328 e. The van der Waals surface area contributed by atoms with Crippen LogP contribution < -0.4 is 0 Å². The van der Waals surface area contributed by atoms with E-state index in [0.29, 0.717) is 0 Å². The minimum absolute atomic E-state index is 0.185. The zero-order valence-electron chi connectivity index (χ0n) is 17.0. The largest absolute Gasteiger partial charge is 0.328 e. The highest BCUT2D eigenvalue weighted by atomic mass is 15.1. The van der Waals surface area contributed by atoms with Gasteiger partial charge in [-0.25, -0.2) is 9.97 Å². The van der Waals surface area contributed by atoms with Crippen LogP contribution in [0.5, 0.6) is 0 Å². The Morgan fingerprint density at radius 1 is 0.741 bits per heavy atom. The van der Waals surface area contributed by atoms with Gasteiger partial charge >= 0.3 is 0 Å². The maximum absolute atomic E-state index is 5.06. The summed E-state index contributed by atoms with van der Waals surface area (Å²) in [4.78, 5) is 10.1. The van der Waals surface area contributed by atoms with E-state index in [1.807, 2.05) is 0 Å². The van der Waals surface area contributed by atoms with Crippen LogP contribution in [-0.2, 0) is 13.1 Å². The minimum atomic E-state index is 0.185. The Balaban J connectivity index is 1.95. The summed E-state index contributed by atoms with van der Waals surface area (Å²) in [5.74, 6) is 2.44. The van der Waals surface area contributed by atoms with Crippen LogP contribution in [0.3, 0.4) is 0 Å². The van der Waals surface area contributed by atoms with Crippen LogP contribution in [0, 0.1) is 13.8 Å². The molecule has 0 saturated carbocycles. The van der Waals surface area contributed by atoms with E-state index in [1.54, 1.807) is 0 Å². The third-order valence-electron chi connectivity index (χ3n) is 5.53. The molecule has 4 nitrogen and oxygen atoms in total. The van der Waals surface area contributed by atoms with Crippen molar-refractivity contribution >= 4 is 22.1 Å². The topological polar surface area (TPSA) is 35.6 Å². The smallest absolute Gasteiger partial charge is 0.120 e. The normalized spacial score (nSPS) is 12.9. The first-order chi connectivity index (χ1) is 13.1. The molecule has 0 fully saturated rings. The molecule has 1 atom stereocenters.